The lowest BCUT2D eigenvalue weighted by atomic mass is 10.1. The smallest absolute Gasteiger partial charge is 0.178 e. The molecular formula is C13H16O2S. The van der Waals surface area contributed by atoms with Crippen LogP contribution in [0, 0.1) is 12.3 Å². The van der Waals surface area contributed by atoms with Crippen LogP contribution in [0.15, 0.2) is 29.2 Å². The van der Waals surface area contributed by atoms with E-state index in [0.717, 1.165) is 12.0 Å². The van der Waals surface area contributed by atoms with Gasteiger partial charge in [-0.25, -0.2) is 8.42 Å². The molecule has 0 aliphatic heterocycles. The van der Waals surface area contributed by atoms with Gasteiger partial charge in [0.15, 0.2) is 9.84 Å². The molecule has 1 rings (SSSR count). The van der Waals surface area contributed by atoms with Crippen molar-refractivity contribution >= 4 is 9.84 Å². The molecule has 0 unspecified atom stereocenters. The molecule has 0 N–H and O–H groups in total. The van der Waals surface area contributed by atoms with Crippen LogP contribution in [-0.4, -0.2) is 14.2 Å². The van der Waals surface area contributed by atoms with Crippen LogP contribution in [0.25, 0.3) is 0 Å². The molecular weight excluding hydrogens is 220 g/mol. The van der Waals surface area contributed by atoms with E-state index in [0.29, 0.717) is 17.7 Å². The average Bonchev–Trinajstić information content (AvgIpc) is 2.27. The molecule has 1 aromatic rings. The highest BCUT2D eigenvalue weighted by Crippen LogP contribution is 2.14. The topological polar surface area (TPSA) is 34.1 Å². The molecule has 3 heteroatoms. The van der Waals surface area contributed by atoms with Crippen molar-refractivity contribution < 1.29 is 8.42 Å². The van der Waals surface area contributed by atoms with Crippen LogP contribution in [0.1, 0.15) is 25.3 Å². The average molecular weight is 236 g/mol. The zero-order chi connectivity index (χ0) is 12.0. The Labute approximate surface area is 97.6 Å². The van der Waals surface area contributed by atoms with Crippen molar-refractivity contribution in [2.24, 2.45) is 0 Å². The molecule has 0 radical (unpaired) electrons. The molecule has 0 bridgehead atoms. The third kappa shape index (κ3) is 3.39. The molecule has 86 valence electrons. The lowest BCUT2D eigenvalue weighted by Gasteiger charge is -2.04. The van der Waals surface area contributed by atoms with E-state index < -0.39 is 9.84 Å². The van der Waals surface area contributed by atoms with Gasteiger partial charge >= 0.3 is 0 Å². The summed E-state index contributed by atoms with van der Waals surface area (Å²) >= 11 is 0. The van der Waals surface area contributed by atoms with Crippen LogP contribution in [0.4, 0.5) is 0 Å². The van der Waals surface area contributed by atoms with Gasteiger partial charge in [0.1, 0.15) is 0 Å². The van der Waals surface area contributed by atoms with E-state index >= 15 is 0 Å². The quantitative estimate of drug-likeness (QED) is 0.736. The van der Waals surface area contributed by atoms with Gasteiger partial charge in [-0.1, -0.05) is 19.1 Å². The van der Waals surface area contributed by atoms with Gasteiger partial charge in [-0.3, -0.25) is 0 Å². The summed E-state index contributed by atoms with van der Waals surface area (Å²) in [5, 5.41) is 0. The maximum atomic E-state index is 11.7. The Morgan fingerprint density at radius 2 is 1.88 bits per heavy atom. The van der Waals surface area contributed by atoms with Gasteiger partial charge in [0.2, 0.25) is 0 Å². The number of rotatable bonds is 5. The molecule has 0 atom stereocenters. The first-order valence-corrected chi connectivity index (χ1v) is 7.00. The minimum Gasteiger partial charge on any atom is -0.224 e. The maximum absolute atomic E-state index is 11.7. The summed E-state index contributed by atoms with van der Waals surface area (Å²) in [4.78, 5) is 0.402. The predicted molar refractivity (Wildman–Crippen MR) is 65.9 cm³/mol. The van der Waals surface area contributed by atoms with Crippen LogP contribution in [0.2, 0.25) is 0 Å². The zero-order valence-electron chi connectivity index (χ0n) is 9.44. The molecule has 0 spiro atoms. The minimum atomic E-state index is -3.09. The van der Waals surface area contributed by atoms with E-state index in [1.807, 2.05) is 19.1 Å². The van der Waals surface area contributed by atoms with Crippen molar-refractivity contribution in [3.8, 4) is 12.3 Å². The molecule has 1 aromatic carbocycles. The number of aryl methyl sites for hydroxylation is 1. The Balaban J connectivity index is 2.83. The van der Waals surface area contributed by atoms with E-state index in [1.54, 1.807) is 12.1 Å². The van der Waals surface area contributed by atoms with Crippen molar-refractivity contribution in [1.82, 2.24) is 0 Å². The molecule has 16 heavy (non-hydrogen) atoms. The SMILES string of the molecule is C#CCCc1ccc(S(=O)(=O)CCC)cc1. The molecule has 0 heterocycles. The van der Waals surface area contributed by atoms with Gasteiger partial charge in [0.25, 0.3) is 0 Å². The Bertz CT molecular complexity index is 464. The maximum Gasteiger partial charge on any atom is 0.178 e. The Morgan fingerprint density at radius 3 is 2.38 bits per heavy atom. The number of benzene rings is 1. The van der Waals surface area contributed by atoms with Crippen LogP contribution in [0.3, 0.4) is 0 Å². The highest BCUT2D eigenvalue weighted by molar-refractivity contribution is 7.91. The fourth-order valence-corrected chi connectivity index (χ4v) is 2.79. The summed E-state index contributed by atoms with van der Waals surface area (Å²) in [5.74, 6) is 2.77. The van der Waals surface area contributed by atoms with Crippen molar-refractivity contribution in [2.75, 3.05) is 5.75 Å². The molecule has 0 aliphatic rings. The van der Waals surface area contributed by atoms with Gasteiger partial charge in [-0.15, -0.1) is 12.3 Å². The van der Waals surface area contributed by atoms with Crippen LogP contribution in [0.5, 0.6) is 0 Å². The molecule has 0 aromatic heterocycles. The van der Waals surface area contributed by atoms with Gasteiger partial charge in [0.05, 0.1) is 10.6 Å². The zero-order valence-corrected chi connectivity index (χ0v) is 10.3. The van der Waals surface area contributed by atoms with E-state index in [9.17, 15) is 8.42 Å². The molecule has 0 amide bonds. The van der Waals surface area contributed by atoms with Crippen LogP contribution >= 0.6 is 0 Å². The third-order valence-corrected chi connectivity index (χ3v) is 4.25. The second-order valence-electron chi connectivity index (χ2n) is 3.67. The Hall–Kier alpha value is -1.27. The molecule has 0 aliphatic carbocycles. The second kappa shape index (κ2) is 5.72. The van der Waals surface area contributed by atoms with Gasteiger partial charge < -0.3 is 0 Å². The molecule has 2 nitrogen and oxygen atoms in total. The van der Waals surface area contributed by atoms with Gasteiger partial charge in [0, 0.05) is 6.42 Å². The summed E-state index contributed by atoms with van der Waals surface area (Å²) in [7, 11) is -3.09. The number of terminal acetylenes is 1. The Morgan fingerprint density at radius 1 is 1.25 bits per heavy atom. The molecule has 0 fully saturated rings. The van der Waals surface area contributed by atoms with Crippen molar-refractivity contribution in [3.05, 3.63) is 29.8 Å². The lowest BCUT2D eigenvalue weighted by molar-refractivity contribution is 0.594. The highest BCUT2D eigenvalue weighted by atomic mass is 32.2. The lowest BCUT2D eigenvalue weighted by Crippen LogP contribution is -2.05. The van der Waals surface area contributed by atoms with E-state index in [1.165, 1.54) is 0 Å². The Kier molecular flexibility index (Phi) is 4.57. The number of hydrogen-bond acceptors (Lipinski definition) is 2. The van der Waals surface area contributed by atoms with Gasteiger partial charge in [-0.05, 0) is 30.5 Å². The largest absolute Gasteiger partial charge is 0.224 e. The van der Waals surface area contributed by atoms with Crippen molar-refractivity contribution in [1.29, 1.82) is 0 Å². The predicted octanol–water partition coefficient (Wildman–Crippen LogP) is 2.44. The molecule has 0 saturated carbocycles. The number of hydrogen-bond donors (Lipinski definition) is 0. The summed E-state index contributed by atoms with van der Waals surface area (Å²) in [6, 6.07) is 6.99. The number of sulfone groups is 1. The van der Waals surface area contributed by atoms with Crippen LogP contribution < -0.4 is 0 Å². The summed E-state index contributed by atoms with van der Waals surface area (Å²) in [6.45, 7) is 1.86. The molecule has 0 saturated heterocycles. The first-order valence-electron chi connectivity index (χ1n) is 5.35. The van der Waals surface area contributed by atoms with Crippen LogP contribution in [-0.2, 0) is 16.3 Å². The third-order valence-electron chi connectivity index (χ3n) is 2.31. The van der Waals surface area contributed by atoms with E-state index in [4.69, 9.17) is 6.42 Å². The second-order valence-corrected chi connectivity index (χ2v) is 5.78. The summed E-state index contributed by atoms with van der Waals surface area (Å²) < 4.78 is 23.5. The fraction of sp³-hybridized carbons (Fsp3) is 0.385. The standard InChI is InChI=1S/C13H16O2S/c1-3-5-6-12-7-9-13(10-8-12)16(14,15)11-4-2/h1,7-10H,4-6,11H2,2H3. The van der Waals surface area contributed by atoms with Gasteiger partial charge in [-0.2, -0.15) is 0 Å². The highest BCUT2D eigenvalue weighted by Gasteiger charge is 2.12. The summed E-state index contributed by atoms with van der Waals surface area (Å²) in [5.41, 5.74) is 1.08. The van der Waals surface area contributed by atoms with E-state index in [2.05, 4.69) is 5.92 Å². The fourth-order valence-electron chi connectivity index (χ4n) is 1.47. The first kappa shape index (κ1) is 12.8. The monoisotopic (exact) mass is 236 g/mol. The minimum absolute atomic E-state index is 0.205. The van der Waals surface area contributed by atoms with Crippen molar-refractivity contribution in [2.45, 2.75) is 31.1 Å². The normalized spacial score (nSPS) is 11.0. The first-order chi connectivity index (χ1) is 7.60. The van der Waals surface area contributed by atoms with E-state index in [-0.39, 0.29) is 5.75 Å². The summed E-state index contributed by atoms with van der Waals surface area (Å²) in [6.07, 6.45) is 7.29. The van der Waals surface area contributed by atoms with Crippen molar-refractivity contribution in [3.63, 3.8) is 0 Å².